The van der Waals surface area contributed by atoms with Crippen molar-refractivity contribution in [2.45, 2.75) is 19.4 Å². The molecule has 5 heteroatoms. The lowest BCUT2D eigenvalue weighted by molar-refractivity contribution is 0.238. The van der Waals surface area contributed by atoms with Crippen LogP contribution in [0.25, 0.3) is 0 Å². The summed E-state index contributed by atoms with van der Waals surface area (Å²) in [6, 6.07) is 12.9. The Balaban J connectivity index is 1.73. The van der Waals surface area contributed by atoms with Crippen LogP contribution >= 0.6 is 11.6 Å². The van der Waals surface area contributed by atoms with E-state index in [9.17, 15) is 4.79 Å². The van der Waals surface area contributed by atoms with E-state index in [1.54, 1.807) is 6.20 Å². The van der Waals surface area contributed by atoms with Crippen molar-refractivity contribution in [2.24, 2.45) is 0 Å². The van der Waals surface area contributed by atoms with E-state index in [1.165, 1.54) is 0 Å². The summed E-state index contributed by atoms with van der Waals surface area (Å²) in [4.78, 5) is 16.0. The Bertz CT molecular complexity index is 572. The Kier molecular flexibility index (Phi) is 5.58. The van der Waals surface area contributed by atoms with Crippen LogP contribution < -0.4 is 10.6 Å². The number of benzene rings is 1. The molecule has 1 atom stereocenters. The first-order valence-corrected chi connectivity index (χ1v) is 7.22. The second-order valence-corrected chi connectivity index (χ2v) is 5.19. The van der Waals surface area contributed by atoms with Crippen molar-refractivity contribution >= 4 is 17.6 Å². The summed E-state index contributed by atoms with van der Waals surface area (Å²) in [5, 5.41) is 6.41. The zero-order chi connectivity index (χ0) is 15.1. The minimum atomic E-state index is -0.192. The van der Waals surface area contributed by atoms with Gasteiger partial charge in [0.25, 0.3) is 0 Å². The second-order valence-electron chi connectivity index (χ2n) is 4.75. The van der Waals surface area contributed by atoms with Gasteiger partial charge in [0.15, 0.2) is 0 Å². The zero-order valence-electron chi connectivity index (χ0n) is 11.8. The molecule has 0 radical (unpaired) electrons. The average Bonchev–Trinajstić information content (AvgIpc) is 2.50. The number of rotatable bonds is 5. The first kappa shape index (κ1) is 15.3. The molecule has 2 rings (SSSR count). The van der Waals surface area contributed by atoms with Gasteiger partial charge in [-0.05, 0) is 43.2 Å². The summed E-state index contributed by atoms with van der Waals surface area (Å²) in [6.07, 6.45) is 2.48. The predicted molar refractivity (Wildman–Crippen MR) is 84.3 cm³/mol. The van der Waals surface area contributed by atoms with Crippen molar-refractivity contribution in [3.05, 3.63) is 64.9 Å². The monoisotopic (exact) mass is 303 g/mol. The number of halogens is 1. The second kappa shape index (κ2) is 7.64. The number of nitrogens with one attached hydrogen (secondary N) is 2. The van der Waals surface area contributed by atoms with E-state index in [-0.39, 0.29) is 12.1 Å². The van der Waals surface area contributed by atoms with E-state index >= 15 is 0 Å². The van der Waals surface area contributed by atoms with E-state index in [2.05, 4.69) is 15.6 Å². The van der Waals surface area contributed by atoms with Gasteiger partial charge in [-0.3, -0.25) is 4.98 Å². The van der Waals surface area contributed by atoms with Crippen LogP contribution in [0.3, 0.4) is 0 Å². The number of carbonyl (C=O) groups excluding carboxylic acids is 1. The molecule has 4 nitrogen and oxygen atoms in total. The van der Waals surface area contributed by atoms with Crippen LogP contribution in [0.15, 0.2) is 48.7 Å². The zero-order valence-corrected chi connectivity index (χ0v) is 12.6. The topological polar surface area (TPSA) is 54.0 Å². The highest BCUT2D eigenvalue weighted by Gasteiger charge is 2.09. The molecule has 1 aromatic heterocycles. The molecular weight excluding hydrogens is 286 g/mol. The quantitative estimate of drug-likeness (QED) is 0.890. The molecule has 0 spiro atoms. The standard InChI is InChI=1S/C16H18ClN3O/c1-12(15-4-2-3-10-18-15)20-16(21)19-11-9-13-5-7-14(17)8-6-13/h2-8,10,12H,9,11H2,1H3,(H2,19,20,21). The minimum Gasteiger partial charge on any atom is -0.338 e. The number of nitrogens with zero attached hydrogens (tertiary/aromatic N) is 1. The fourth-order valence-corrected chi connectivity index (χ4v) is 2.05. The third-order valence-corrected chi connectivity index (χ3v) is 3.34. The van der Waals surface area contributed by atoms with Crippen molar-refractivity contribution in [3.8, 4) is 0 Å². The minimum absolute atomic E-state index is 0.123. The maximum atomic E-state index is 11.8. The predicted octanol–water partition coefficient (Wildman–Crippen LogP) is 3.34. The summed E-state index contributed by atoms with van der Waals surface area (Å²) in [5.74, 6) is 0. The normalized spacial score (nSPS) is 11.7. The van der Waals surface area contributed by atoms with Gasteiger partial charge in [0.1, 0.15) is 0 Å². The van der Waals surface area contributed by atoms with Crippen LogP contribution in [-0.2, 0) is 6.42 Å². The molecule has 0 aliphatic heterocycles. The SMILES string of the molecule is CC(NC(=O)NCCc1ccc(Cl)cc1)c1ccccn1. The lowest BCUT2D eigenvalue weighted by Gasteiger charge is -2.14. The van der Waals surface area contributed by atoms with Crippen LogP contribution in [0, 0.1) is 0 Å². The van der Waals surface area contributed by atoms with Gasteiger partial charge in [0.2, 0.25) is 0 Å². The fourth-order valence-electron chi connectivity index (χ4n) is 1.93. The van der Waals surface area contributed by atoms with Crippen molar-refractivity contribution in [1.82, 2.24) is 15.6 Å². The van der Waals surface area contributed by atoms with Gasteiger partial charge < -0.3 is 10.6 Å². The van der Waals surface area contributed by atoms with E-state index in [0.29, 0.717) is 11.6 Å². The van der Waals surface area contributed by atoms with Crippen LogP contribution in [0.1, 0.15) is 24.2 Å². The van der Waals surface area contributed by atoms with Crippen molar-refractivity contribution in [3.63, 3.8) is 0 Å². The van der Waals surface area contributed by atoms with Gasteiger partial charge in [-0.25, -0.2) is 4.79 Å². The lowest BCUT2D eigenvalue weighted by Crippen LogP contribution is -2.38. The molecule has 0 aliphatic rings. The van der Waals surface area contributed by atoms with Gasteiger partial charge in [-0.15, -0.1) is 0 Å². The number of aromatic nitrogens is 1. The molecule has 0 fully saturated rings. The van der Waals surface area contributed by atoms with E-state index in [1.807, 2.05) is 49.4 Å². The highest BCUT2D eigenvalue weighted by molar-refractivity contribution is 6.30. The summed E-state index contributed by atoms with van der Waals surface area (Å²) in [7, 11) is 0. The van der Waals surface area contributed by atoms with Gasteiger partial charge in [-0.1, -0.05) is 29.8 Å². The number of hydrogen-bond donors (Lipinski definition) is 2. The first-order chi connectivity index (χ1) is 10.1. The molecule has 2 amide bonds. The smallest absolute Gasteiger partial charge is 0.315 e. The van der Waals surface area contributed by atoms with Gasteiger partial charge >= 0.3 is 6.03 Å². The molecule has 1 heterocycles. The molecule has 2 N–H and O–H groups in total. The molecule has 1 aromatic carbocycles. The van der Waals surface area contributed by atoms with E-state index in [4.69, 9.17) is 11.6 Å². The Hall–Kier alpha value is -2.07. The highest BCUT2D eigenvalue weighted by atomic mass is 35.5. The number of carbonyl (C=O) groups is 1. The number of urea groups is 1. The summed E-state index contributed by atoms with van der Waals surface area (Å²) >= 11 is 5.83. The van der Waals surface area contributed by atoms with Crippen molar-refractivity contribution < 1.29 is 4.79 Å². The van der Waals surface area contributed by atoms with Crippen LogP contribution in [0.2, 0.25) is 5.02 Å². The summed E-state index contributed by atoms with van der Waals surface area (Å²) in [5.41, 5.74) is 1.97. The van der Waals surface area contributed by atoms with Crippen molar-refractivity contribution in [1.29, 1.82) is 0 Å². The van der Waals surface area contributed by atoms with Crippen LogP contribution in [0.4, 0.5) is 4.79 Å². The number of pyridine rings is 1. The Labute approximate surface area is 129 Å². The Morgan fingerprint density at radius 3 is 2.67 bits per heavy atom. The summed E-state index contributed by atoms with van der Waals surface area (Å²) in [6.45, 7) is 2.48. The highest BCUT2D eigenvalue weighted by Crippen LogP contribution is 2.10. The largest absolute Gasteiger partial charge is 0.338 e. The molecule has 1 unspecified atom stereocenters. The fraction of sp³-hybridized carbons (Fsp3) is 0.250. The van der Waals surface area contributed by atoms with Gasteiger partial charge in [0.05, 0.1) is 11.7 Å². The average molecular weight is 304 g/mol. The molecule has 0 saturated heterocycles. The van der Waals surface area contributed by atoms with Crippen LogP contribution in [0.5, 0.6) is 0 Å². The van der Waals surface area contributed by atoms with Crippen molar-refractivity contribution in [2.75, 3.05) is 6.54 Å². The third kappa shape index (κ3) is 5.08. The molecule has 0 bridgehead atoms. The Morgan fingerprint density at radius 2 is 2.00 bits per heavy atom. The van der Waals surface area contributed by atoms with Gasteiger partial charge in [-0.2, -0.15) is 0 Å². The molecule has 110 valence electrons. The summed E-state index contributed by atoms with van der Waals surface area (Å²) < 4.78 is 0. The van der Waals surface area contributed by atoms with E-state index < -0.39 is 0 Å². The van der Waals surface area contributed by atoms with E-state index in [0.717, 1.165) is 17.7 Å². The van der Waals surface area contributed by atoms with Crippen LogP contribution in [-0.4, -0.2) is 17.6 Å². The molecule has 2 aromatic rings. The molecule has 0 saturated carbocycles. The number of hydrogen-bond acceptors (Lipinski definition) is 2. The number of amides is 2. The third-order valence-electron chi connectivity index (χ3n) is 3.09. The first-order valence-electron chi connectivity index (χ1n) is 6.85. The maximum absolute atomic E-state index is 11.8. The Morgan fingerprint density at radius 1 is 1.24 bits per heavy atom. The lowest BCUT2D eigenvalue weighted by atomic mass is 10.1. The maximum Gasteiger partial charge on any atom is 0.315 e. The molecule has 0 aliphatic carbocycles. The molecular formula is C16H18ClN3O. The molecule has 21 heavy (non-hydrogen) atoms. The van der Waals surface area contributed by atoms with Gasteiger partial charge in [0, 0.05) is 17.8 Å².